The van der Waals surface area contributed by atoms with Gasteiger partial charge in [0, 0.05) is 30.3 Å². The molecule has 0 aliphatic heterocycles. The summed E-state index contributed by atoms with van der Waals surface area (Å²) in [6.45, 7) is 5.28. The highest BCUT2D eigenvalue weighted by Crippen LogP contribution is 2.36. The van der Waals surface area contributed by atoms with Gasteiger partial charge < -0.3 is 23.5 Å². The normalized spacial score (nSPS) is 11.2. The van der Waals surface area contributed by atoms with Crippen LogP contribution in [0.15, 0.2) is 57.7 Å². The minimum atomic E-state index is -0.623. The van der Waals surface area contributed by atoms with E-state index in [9.17, 15) is 14.4 Å². The summed E-state index contributed by atoms with van der Waals surface area (Å²) in [6.07, 6.45) is -0.230. The van der Waals surface area contributed by atoms with Gasteiger partial charge in [-0.05, 0) is 45.0 Å². The number of anilines is 2. The monoisotopic (exact) mass is 453 g/mol. The Hall–Kier alpha value is -3.81. The van der Waals surface area contributed by atoms with Crippen LogP contribution < -0.4 is 20.0 Å². The lowest BCUT2D eigenvalue weighted by Gasteiger charge is -2.22. The molecular formula is C25H27NO7. The number of esters is 2. The zero-order chi connectivity index (χ0) is 24.2. The highest BCUT2D eigenvalue weighted by molar-refractivity contribution is 5.92. The molecule has 2 aromatic carbocycles. The van der Waals surface area contributed by atoms with Crippen molar-refractivity contribution in [3.63, 3.8) is 0 Å². The van der Waals surface area contributed by atoms with Crippen molar-refractivity contribution in [3.8, 4) is 11.5 Å². The molecule has 1 heterocycles. The molecule has 33 heavy (non-hydrogen) atoms. The third-order valence-electron chi connectivity index (χ3n) is 4.70. The van der Waals surface area contributed by atoms with Gasteiger partial charge >= 0.3 is 17.6 Å². The predicted molar refractivity (Wildman–Crippen MR) is 124 cm³/mol. The van der Waals surface area contributed by atoms with Gasteiger partial charge in [-0.15, -0.1) is 0 Å². The molecule has 174 valence electrons. The van der Waals surface area contributed by atoms with Gasteiger partial charge in [-0.25, -0.2) is 4.79 Å². The Morgan fingerprint density at radius 3 is 2.36 bits per heavy atom. The molecule has 0 aliphatic carbocycles. The molecule has 0 saturated carbocycles. The summed E-state index contributed by atoms with van der Waals surface area (Å²) < 4.78 is 21.3. The average molecular weight is 453 g/mol. The Morgan fingerprint density at radius 1 is 0.970 bits per heavy atom. The van der Waals surface area contributed by atoms with Gasteiger partial charge in [0.15, 0.2) is 11.5 Å². The summed E-state index contributed by atoms with van der Waals surface area (Å²) in [7, 11) is 3.25. The smallest absolute Gasteiger partial charge is 0.338 e. The van der Waals surface area contributed by atoms with Crippen LogP contribution in [0.2, 0.25) is 0 Å². The number of carbonyl (C=O) groups excluding carboxylic acids is 2. The predicted octanol–water partition coefficient (Wildman–Crippen LogP) is 4.60. The first-order valence-electron chi connectivity index (χ1n) is 10.4. The molecule has 3 aromatic rings. The summed E-state index contributed by atoms with van der Waals surface area (Å²) in [6, 6.07) is 13.7. The molecule has 0 aliphatic rings. The number of benzene rings is 2. The highest BCUT2D eigenvalue weighted by Gasteiger charge is 2.19. The Labute approximate surface area is 191 Å². The van der Waals surface area contributed by atoms with Gasteiger partial charge in [-0.2, -0.15) is 0 Å². The lowest BCUT2D eigenvalue weighted by molar-refractivity contribution is -0.156. The lowest BCUT2D eigenvalue weighted by Crippen LogP contribution is -2.24. The molecule has 0 N–H and O–H groups in total. The van der Waals surface area contributed by atoms with Crippen molar-refractivity contribution in [1.29, 1.82) is 0 Å². The van der Waals surface area contributed by atoms with Crippen LogP contribution in [0.25, 0.3) is 11.0 Å². The van der Waals surface area contributed by atoms with E-state index in [2.05, 4.69) is 0 Å². The fraction of sp³-hybridized carbons (Fsp3) is 0.320. The van der Waals surface area contributed by atoms with Crippen LogP contribution in [0.3, 0.4) is 0 Å². The molecule has 0 atom stereocenters. The number of ether oxygens (including phenoxy) is 3. The minimum Gasteiger partial charge on any atom is -0.493 e. The van der Waals surface area contributed by atoms with E-state index < -0.39 is 23.2 Å². The fourth-order valence-electron chi connectivity index (χ4n) is 3.24. The molecule has 1 aromatic heterocycles. The van der Waals surface area contributed by atoms with Crippen molar-refractivity contribution in [3.05, 3.63) is 59.0 Å². The average Bonchev–Trinajstić information content (AvgIpc) is 2.75. The van der Waals surface area contributed by atoms with Crippen LogP contribution >= 0.6 is 0 Å². The molecule has 0 amide bonds. The largest absolute Gasteiger partial charge is 0.493 e. The van der Waals surface area contributed by atoms with E-state index in [1.54, 1.807) is 63.1 Å². The molecule has 8 nitrogen and oxygen atoms in total. The molecule has 0 radical (unpaired) electrons. The molecule has 0 unspecified atom stereocenters. The summed E-state index contributed by atoms with van der Waals surface area (Å²) in [5.74, 6) is -0.516. The van der Waals surface area contributed by atoms with Gasteiger partial charge in [0.05, 0.1) is 25.6 Å². The molecule has 0 spiro atoms. The first-order valence-corrected chi connectivity index (χ1v) is 10.4. The number of nitrogens with zero attached hydrogens (tertiary/aromatic N) is 1. The van der Waals surface area contributed by atoms with Gasteiger partial charge in [0.25, 0.3) is 0 Å². The Balaban J connectivity index is 1.82. The third-order valence-corrected chi connectivity index (χ3v) is 4.70. The van der Waals surface area contributed by atoms with E-state index in [1.807, 2.05) is 12.1 Å². The molecule has 0 fully saturated rings. The van der Waals surface area contributed by atoms with Gasteiger partial charge in [-0.3, -0.25) is 9.59 Å². The second-order valence-electron chi connectivity index (χ2n) is 8.40. The Kier molecular flexibility index (Phi) is 7.06. The Bertz CT molecular complexity index is 1220. The first-order chi connectivity index (χ1) is 15.6. The number of hydrogen-bond donors (Lipinski definition) is 0. The zero-order valence-electron chi connectivity index (χ0n) is 19.3. The third kappa shape index (κ3) is 6.12. The van der Waals surface area contributed by atoms with Crippen LogP contribution in [0, 0.1) is 0 Å². The van der Waals surface area contributed by atoms with Crippen molar-refractivity contribution >= 4 is 34.3 Å². The van der Waals surface area contributed by atoms with Crippen molar-refractivity contribution in [1.82, 2.24) is 0 Å². The molecule has 8 heteroatoms. The summed E-state index contributed by atoms with van der Waals surface area (Å²) in [5.41, 5.74) is 0.657. The highest BCUT2D eigenvalue weighted by atomic mass is 16.6. The first kappa shape index (κ1) is 23.8. The maximum Gasteiger partial charge on any atom is 0.338 e. The second-order valence-corrected chi connectivity index (χ2v) is 8.40. The molecule has 0 saturated heterocycles. The number of para-hydroxylation sites is 1. The fourth-order valence-corrected chi connectivity index (χ4v) is 3.24. The van der Waals surface area contributed by atoms with Crippen LogP contribution in [0.4, 0.5) is 11.4 Å². The quantitative estimate of drug-likeness (QED) is 0.291. The van der Waals surface area contributed by atoms with Crippen molar-refractivity contribution < 1.29 is 28.2 Å². The SMILES string of the molecule is COc1ccc(N(C)c2cc(=O)oc3ccccc23)cc1OC(=O)CCC(=O)OC(C)(C)C. The second kappa shape index (κ2) is 9.77. The van der Waals surface area contributed by atoms with Crippen molar-refractivity contribution in [2.75, 3.05) is 19.1 Å². The van der Waals surface area contributed by atoms with E-state index in [0.717, 1.165) is 5.39 Å². The van der Waals surface area contributed by atoms with E-state index >= 15 is 0 Å². The van der Waals surface area contributed by atoms with Crippen LogP contribution in [-0.4, -0.2) is 31.7 Å². The number of hydrogen-bond acceptors (Lipinski definition) is 8. The topological polar surface area (TPSA) is 95.3 Å². The maximum atomic E-state index is 12.4. The van der Waals surface area contributed by atoms with Gasteiger partial charge in [0.1, 0.15) is 11.2 Å². The lowest BCUT2D eigenvalue weighted by atomic mass is 10.1. The van der Waals surface area contributed by atoms with E-state index in [4.69, 9.17) is 18.6 Å². The Morgan fingerprint density at radius 2 is 1.67 bits per heavy atom. The maximum absolute atomic E-state index is 12.4. The van der Waals surface area contributed by atoms with Crippen LogP contribution in [-0.2, 0) is 14.3 Å². The van der Waals surface area contributed by atoms with E-state index in [-0.39, 0.29) is 18.6 Å². The standard InChI is InChI=1S/C25H27NO7/c1-25(2,3)33-23(28)13-12-22(27)32-21-14-16(10-11-20(21)30-5)26(4)18-15-24(29)31-19-9-7-6-8-17(18)19/h6-11,14-15H,12-13H2,1-5H3. The number of rotatable bonds is 7. The number of methoxy groups -OCH3 is 1. The summed E-state index contributed by atoms with van der Waals surface area (Å²) in [4.78, 5) is 38.1. The molecule has 0 bridgehead atoms. The van der Waals surface area contributed by atoms with Gasteiger partial charge in [-0.1, -0.05) is 12.1 Å². The zero-order valence-corrected chi connectivity index (χ0v) is 19.3. The van der Waals surface area contributed by atoms with Crippen molar-refractivity contribution in [2.45, 2.75) is 39.2 Å². The van der Waals surface area contributed by atoms with E-state index in [1.165, 1.54) is 13.2 Å². The summed E-state index contributed by atoms with van der Waals surface area (Å²) >= 11 is 0. The summed E-state index contributed by atoms with van der Waals surface area (Å²) in [5, 5.41) is 0.756. The van der Waals surface area contributed by atoms with E-state index in [0.29, 0.717) is 22.7 Å². The number of carbonyl (C=O) groups is 2. The molecular weight excluding hydrogens is 426 g/mol. The minimum absolute atomic E-state index is 0.0935. The number of fused-ring (bicyclic) bond motifs is 1. The molecule has 3 rings (SSSR count). The van der Waals surface area contributed by atoms with Crippen LogP contribution in [0.1, 0.15) is 33.6 Å². The van der Waals surface area contributed by atoms with Gasteiger partial charge in [0.2, 0.25) is 0 Å². The van der Waals surface area contributed by atoms with Crippen LogP contribution in [0.5, 0.6) is 11.5 Å². The van der Waals surface area contributed by atoms with Crippen molar-refractivity contribution in [2.24, 2.45) is 0 Å².